The number of fused-ring (bicyclic) bond motifs is 1. The molecule has 0 bridgehead atoms. The summed E-state index contributed by atoms with van der Waals surface area (Å²) in [4.78, 5) is 25.1. The fraction of sp³-hybridized carbons (Fsp3) is 0.286. The van der Waals surface area contributed by atoms with Crippen LogP contribution in [0.2, 0.25) is 5.28 Å². The van der Waals surface area contributed by atoms with Crippen LogP contribution in [0.5, 0.6) is 0 Å². The number of aromatic nitrogens is 5. The Morgan fingerprint density at radius 2 is 2.14 bits per heavy atom. The lowest BCUT2D eigenvalue weighted by molar-refractivity contribution is 0.0604. The Labute approximate surface area is 130 Å². The molecule has 0 saturated carbocycles. The lowest BCUT2D eigenvalue weighted by Gasteiger charge is -2.19. The highest BCUT2D eigenvalue weighted by Crippen LogP contribution is 2.18. The molecule has 0 atom stereocenters. The number of aliphatic hydroxyl groups is 1. The second-order valence-electron chi connectivity index (χ2n) is 5.59. The van der Waals surface area contributed by atoms with Gasteiger partial charge in [0.1, 0.15) is 11.8 Å². The maximum atomic E-state index is 12.6. The molecule has 7 nitrogen and oxygen atoms in total. The van der Waals surface area contributed by atoms with Crippen molar-refractivity contribution >= 4 is 22.5 Å². The van der Waals surface area contributed by atoms with Crippen LogP contribution in [0.3, 0.4) is 0 Å². The SMILES string of the molecule is CC(C)(O)Cn1c(Cl)nc2c(-n3ccnc3)nccc2c1=O. The van der Waals surface area contributed by atoms with Gasteiger partial charge in [0.15, 0.2) is 5.82 Å². The number of rotatable bonds is 3. The van der Waals surface area contributed by atoms with E-state index in [1.165, 1.54) is 10.8 Å². The molecule has 0 unspecified atom stereocenters. The van der Waals surface area contributed by atoms with Gasteiger partial charge in [0.05, 0.1) is 17.5 Å². The van der Waals surface area contributed by atoms with Gasteiger partial charge in [-0.05, 0) is 31.5 Å². The van der Waals surface area contributed by atoms with Gasteiger partial charge in [-0.15, -0.1) is 0 Å². The summed E-state index contributed by atoms with van der Waals surface area (Å²) < 4.78 is 2.91. The van der Waals surface area contributed by atoms with Gasteiger partial charge in [-0.2, -0.15) is 0 Å². The monoisotopic (exact) mass is 319 g/mol. The molecule has 0 aromatic carbocycles. The first-order valence-corrected chi connectivity index (χ1v) is 7.00. The average Bonchev–Trinajstić information content (AvgIpc) is 2.96. The molecule has 0 aliphatic heterocycles. The molecular weight excluding hydrogens is 306 g/mol. The van der Waals surface area contributed by atoms with Gasteiger partial charge in [0.25, 0.3) is 5.56 Å². The largest absolute Gasteiger partial charge is 0.389 e. The molecule has 0 amide bonds. The zero-order valence-corrected chi connectivity index (χ0v) is 12.8. The van der Waals surface area contributed by atoms with Gasteiger partial charge >= 0.3 is 0 Å². The molecule has 3 aromatic rings. The molecule has 3 aromatic heterocycles. The highest BCUT2D eigenvalue weighted by molar-refractivity contribution is 6.28. The third-order valence-electron chi connectivity index (χ3n) is 3.10. The normalized spacial score (nSPS) is 12.0. The quantitative estimate of drug-likeness (QED) is 0.737. The summed E-state index contributed by atoms with van der Waals surface area (Å²) in [6.07, 6.45) is 6.42. The smallest absolute Gasteiger partial charge is 0.262 e. The molecule has 0 fully saturated rings. The molecule has 0 saturated heterocycles. The fourth-order valence-electron chi connectivity index (χ4n) is 2.20. The Hall–Kier alpha value is -2.25. The molecule has 0 aliphatic rings. The molecule has 3 rings (SSSR count). The molecule has 114 valence electrons. The minimum Gasteiger partial charge on any atom is -0.389 e. The van der Waals surface area contributed by atoms with Crippen molar-refractivity contribution in [3.8, 4) is 5.82 Å². The van der Waals surface area contributed by atoms with E-state index in [1.807, 2.05) is 0 Å². The summed E-state index contributed by atoms with van der Waals surface area (Å²) in [5, 5.41) is 10.3. The van der Waals surface area contributed by atoms with Gasteiger partial charge in [0, 0.05) is 18.6 Å². The van der Waals surface area contributed by atoms with Crippen LogP contribution in [0.4, 0.5) is 0 Å². The van der Waals surface area contributed by atoms with Gasteiger partial charge in [-0.1, -0.05) is 0 Å². The lowest BCUT2D eigenvalue weighted by atomic mass is 10.1. The van der Waals surface area contributed by atoms with Crippen LogP contribution in [0, 0.1) is 0 Å². The van der Waals surface area contributed by atoms with Crippen molar-refractivity contribution in [2.24, 2.45) is 0 Å². The van der Waals surface area contributed by atoms with E-state index in [-0.39, 0.29) is 17.4 Å². The highest BCUT2D eigenvalue weighted by Gasteiger charge is 2.20. The zero-order chi connectivity index (χ0) is 15.9. The van der Waals surface area contributed by atoms with Gasteiger partial charge in [-0.3, -0.25) is 13.9 Å². The summed E-state index contributed by atoms with van der Waals surface area (Å²) >= 11 is 6.14. The maximum absolute atomic E-state index is 12.6. The van der Waals surface area contributed by atoms with E-state index >= 15 is 0 Å². The zero-order valence-electron chi connectivity index (χ0n) is 12.1. The first-order chi connectivity index (χ1) is 10.4. The number of pyridine rings is 1. The van der Waals surface area contributed by atoms with Crippen LogP contribution in [-0.2, 0) is 6.54 Å². The second kappa shape index (κ2) is 5.19. The summed E-state index contributed by atoms with van der Waals surface area (Å²) in [5.74, 6) is 0.476. The Balaban J connectivity index is 2.28. The van der Waals surface area contributed by atoms with E-state index in [1.54, 1.807) is 43.2 Å². The number of imidazole rings is 1. The maximum Gasteiger partial charge on any atom is 0.262 e. The summed E-state index contributed by atoms with van der Waals surface area (Å²) in [5.41, 5.74) is -1.01. The van der Waals surface area contributed by atoms with E-state index in [9.17, 15) is 9.90 Å². The topological polar surface area (TPSA) is 85.8 Å². The summed E-state index contributed by atoms with van der Waals surface area (Å²) in [6.45, 7) is 3.25. The van der Waals surface area contributed by atoms with Crippen molar-refractivity contribution in [2.45, 2.75) is 26.0 Å². The molecule has 0 aliphatic carbocycles. The average molecular weight is 320 g/mol. The third-order valence-corrected chi connectivity index (χ3v) is 3.39. The molecule has 3 heterocycles. The van der Waals surface area contributed by atoms with Gasteiger partial charge in [-0.25, -0.2) is 15.0 Å². The minimum atomic E-state index is -1.08. The van der Waals surface area contributed by atoms with Crippen LogP contribution in [-0.4, -0.2) is 34.8 Å². The van der Waals surface area contributed by atoms with Crippen molar-refractivity contribution < 1.29 is 5.11 Å². The third kappa shape index (κ3) is 2.60. The highest BCUT2D eigenvalue weighted by atomic mass is 35.5. The van der Waals surface area contributed by atoms with Crippen molar-refractivity contribution in [3.63, 3.8) is 0 Å². The Bertz CT molecular complexity index is 881. The molecule has 1 N–H and O–H groups in total. The Kier molecular flexibility index (Phi) is 3.46. The number of nitrogens with zero attached hydrogens (tertiary/aromatic N) is 5. The minimum absolute atomic E-state index is 0.00832. The molecule has 0 radical (unpaired) electrons. The van der Waals surface area contributed by atoms with E-state index in [0.29, 0.717) is 16.7 Å². The van der Waals surface area contributed by atoms with Crippen LogP contribution in [0.15, 0.2) is 35.8 Å². The van der Waals surface area contributed by atoms with E-state index in [0.717, 1.165) is 0 Å². The van der Waals surface area contributed by atoms with Crippen LogP contribution >= 0.6 is 11.6 Å². The number of halogens is 1. The van der Waals surface area contributed by atoms with Gasteiger partial charge in [0.2, 0.25) is 5.28 Å². The number of hydrogen-bond donors (Lipinski definition) is 1. The standard InChI is InChI=1S/C14H14ClN5O2/c1-14(2,22)7-20-12(21)9-3-4-17-11(10(9)18-13(20)15)19-6-5-16-8-19/h3-6,8,22H,7H2,1-2H3. The lowest BCUT2D eigenvalue weighted by Crippen LogP contribution is -2.33. The van der Waals surface area contributed by atoms with E-state index < -0.39 is 5.60 Å². The van der Waals surface area contributed by atoms with Crippen LogP contribution < -0.4 is 5.56 Å². The summed E-state index contributed by atoms with van der Waals surface area (Å²) in [6, 6.07) is 1.59. The molecular formula is C14H14ClN5O2. The predicted octanol–water partition coefficient (Wildman–Crippen LogP) is 1.40. The Morgan fingerprint density at radius 1 is 1.36 bits per heavy atom. The fourth-order valence-corrected chi connectivity index (χ4v) is 2.43. The van der Waals surface area contributed by atoms with E-state index in [2.05, 4.69) is 15.0 Å². The Morgan fingerprint density at radius 3 is 2.77 bits per heavy atom. The van der Waals surface area contributed by atoms with E-state index in [4.69, 9.17) is 11.6 Å². The van der Waals surface area contributed by atoms with Crippen LogP contribution in [0.1, 0.15) is 13.8 Å². The van der Waals surface area contributed by atoms with Crippen molar-refractivity contribution in [3.05, 3.63) is 46.6 Å². The van der Waals surface area contributed by atoms with Crippen molar-refractivity contribution in [1.29, 1.82) is 0 Å². The van der Waals surface area contributed by atoms with Crippen molar-refractivity contribution in [1.82, 2.24) is 24.1 Å². The second-order valence-corrected chi connectivity index (χ2v) is 5.92. The van der Waals surface area contributed by atoms with Crippen LogP contribution in [0.25, 0.3) is 16.7 Å². The molecule has 8 heteroatoms. The first-order valence-electron chi connectivity index (χ1n) is 6.62. The first kappa shape index (κ1) is 14.7. The molecule has 22 heavy (non-hydrogen) atoms. The molecule has 0 spiro atoms. The van der Waals surface area contributed by atoms with Crippen molar-refractivity contribution in [2.75, 3.05) is 0 Å². The van der Waals surface area contributed by atoms with Gasteiger partial charge < -0.3 is 5.11 Å². The predicted molar refractivity (Wildman–Crippen MR) is 82.2 cm³/mol. The summed E-state index contributed by atoms with van der Waals surface area (Å²) in [7, 11) is 0. The number of hydrogen-bond acceptors (Lipinski definition) is 5.